The Hall–Kier alpha value is -2.03. The van der Waals surface area contributed by atoms with Crippen molar-refractivity contribution < 1.29 is 14.3 Å². The van der Waals surface area contributed by atoms with E-state index in [-0.39, 0.29) is 11.9 Å². The summed E-state index contributed by atoms with van der Waals surface area (Å²) >= 11 is 4.83. The van der Waals surface area contributed by atoms with Crippen molar-refractivity contribution in [2.45, 2.75) is 24.8 Å². The van der Waals surface area contributed by atoms with Crippen LogP contribution >= 0.6 is 34.9 Å². The number of thiazole rings is 1. The molecule has 30 heavy (non-hydrogen) atoms. The summed E-state index contributed by atoms with van der Waals surface area (Å²) in [5.74, 6) is 1.10. The highest BCUT2D eigenvalue weighted by Gasteiger charge is 2.12. The number of carbonyl (C=O) groups is 2. The van der Waals surface area contributed by atoms with Crippen LogP contribution in [0.25, 0.3) is 10.2 Å². The lowest BCUT2D eigenvalue weighted by atomic mass is 10.2. The first-order valence-corrected chi connectivity index (χ1v) is 12.7. The van der Waals surface area contributed by atoms with Crippen LogP contribution < -0.4 is 4.80 Å². The molecule has 3 rings (SSSR count). The summed E-state index contributed by atoms with van der Waals surface area (Å²) in [6.45, 7) is 2.81. The topological polar surface area (TPSA) is 60.7 Å². The Bertz CT molecular complexity index is 1100. The number of fused-ring (bicyclic) bond motifs is 1. The van der Waals surface area contributed by atoms with Gasteiger partial charge in [-0.25, -0.2) is 4.79 Å². The number of benzene rings is 2. The Kier molecular flexibility index (Phi) is 8.18. The van der Waals surface area contributed by atoms with Gasteiger partial charge in [0.2, 0.25) is 5.91 Å². The van der Waals surface area contributed by atoms with Gasteiger partial charge in [0.1, 0.15) is 0 Å². The zero-order valence-electron chi connectivity index (χ0n) is 17.2. The van der Waals surface area contributed by atoms with Gasteiger partial charge in [0.25, 0.3) is 0 Å². The van der Waals surface area contributed by atoms with Gasteiger partial charge >= 0.3 is 5.97 Å². The molecule has 158 valence electrons. The van der Waals surface area contributed by atoms with E-state index in [0.717, 1.165) is 27.4 Å². The summed E-state index contributed by atoms with van der Waals surface area (Å²) in [4.78, 5) is 30.6. The fourth-order valence-electron chi connectivity index (χ4n) is 2.86. The van der Waals surface area contributed by atoms with Crippen molar-refractivity contribution in [2.24, 2.45) is 4.99 Å². The van der Waals surface area contributed by atoms with E-state index in [1.807, 2.05) is 6.07 Å². The van der Waals surface area contributed by atoms with E-state index in [2.05, 4.69) is 47.0 Å². The SMILES string of the molecule is COC(=O)c1ccc2c(c1)sc(=NC(=O)CCSc1ccc(C)cc1)n2CCSC. The molecule has 0 spiro atoms. The first-order chi connectivity index (χ1) is 14.5. The molecule has 0 saturated carbocycles. The molecule has 0 unspecified atom stereocenters. The number of thioether (sulfide) groups is 2. The third-order valence-electron chi connectivity index (χ3n) is 4.45. The second kappa shape index (κ2) is 10.8. The number of hydrogen-bond donors (Lipinski definition) is 0. The van der Waals surface area contributed by atoms with Crippen LogP contribution in [0.3, 0.4) is 0 Å². The molecule has 0 N–H and O–H groups in total. The molecule has 0 bridgehead atoms. The average Bonchev–Trinajstić information content (AvgIpc) is 3.08. The number of carbonyl (C=O) groups excluding carboxylic acids is 2. The van der Waals surface area contributed by atoms with Crippen LogP contribution in [0.1, 0.15) is 22.3 Å². The highest BCUT2D eigenvalue weighted by molar-refractivity contribution is 7.99. The highest BCUT2D eigenvalue weighted by Crippen LogP contribution is 2.21. The molecule has 0 atom stereocenters. The predicted molar refractivity (Wildman–Crippen MR) is 127 cm³/mol. The molecule has 2 aromatic carbocycles. The lowest BCUT2D eigenvalue weighted by Gasteiger charge is -2.04. The Labute approximate surface area is 188 Å². The zero-order chi connectivity index (χ0) is 21.5. The Morgan fingerprint density at radius 1 is 1.13 bits per heavy atom. The summed E-state index contributed by atoms with van der Waals surface area (Å²) in [5.41, 5.74) is 2.69. The van der Waals surface area contributed by atoms with Crippen molar-refractivity contribution in [2.75, 3.05) is 24.9 Å². The molecule has 1 amide bonds. The zero-order valence-corrected chi connectivity index (χ0v) is 19.7. The van der Waals surface area contributed by atoms with E-state index in [1.165, 1.54) is 24.0 Å². The molecule has 0 aliphatic carbocycles. The lowest BCUT2D eigenvalue weighted by molar-refractivity contribution is -0.117. The van der Waals surface area contributed by atoms with Crippen LogP contribution in [0, 0.1) is 6.92 Å². The molecule has 0 aliphatic rings. The van der Waals surface area contributed by atoms with Gasteiger partial charge in [-0.3, -0.25) is 4.79 Å². The fourth-order valence-corrected chi connectivity index (χ4v) is 5.17. The van der Waals surface area contributed by atoms with Crippen molar-refractivity contribution in [1.29, 1.82) is 0 Å². The number of rotatable bonds is 8. The molecular formula is C22H24N2O3S3. The standard InChI is InChI=1S/C22H24N2O3S3/c1-15-4-7-17(8-5-15)29-12-10-20(25)23-22-24(11-13-28-3)18-9-6-16(21(26)27-2)14-19(18)30-22/h4-9,14H,10-13H2,1-3H3. The highest BCUT2D eigenvalue weighted by atomic mass is 32.2. The Morgan fingerprint density at radius 2 is 1.90 bits per heavy atom. The molecule has 0 saturated heterocycles. The van der Waals surface area contributed by atoms with Crippen LogP contribution in [-0.2, 0) is 16.1 Å². The molecule has 1 heterocycles. The van der Waals surface area contributed by atoms with Crippen LogP contribution in [-0.4, -0.2) is 41.3 Å². The largest absolute Gasteiger partial charge is 0.465 e. The van der Waals surface area contributed by atoms with E-state index >= 15 is 0 Å². The first kappa shape index (κ1) is 22.7. The van der Waals surface area contributed by atoms with E-state index in [9.17, 15) is 9.59 Å². The normalized spacial score (nSPS) is 11.8. The van der Waals surface area contributed by atoms with Crippen molar-refractivity contribution in [3.63, 3.8) is 0 Å². The van der Waals surface area contributed by atoms with E-state index in [4.69, 9.17) is 4.74 Å². The summed E-state index contributed by atoms with van der Waals surface area (Å²) in [5, 5.41) is 0. The number of aromatic nitrogens is 1. The lowest BCUT2D eigenvalue weighted by Crippen LogP contribution is -2.18. The van der Waals surface area contributed by atoms with Gasteiger partial charge in [-0.05, 0) is 43.5 Å². The molecular weight excluding hydrogens is 436 g/mol. The van der Waals surface area contributed by atoms with Crippen molar-refractivity contribution in [3.8, 4) is 0 Å². The van der Waals surface area contributed by atoms with Gasteiger partial charge in [0.15, 0.2) is 4.80 Å². The maximum atomic E-state index is 12.5. The maximum Gasteiger partial charge on any atom is 0.337 e. The van der Waals surface area contributed by atoms with E-state index in [1.54, 1.807) is 35.7 Å². The minimum absolute atomic E-state index is 0.132. The minimum Gasteiger partial charge on any atom is -0.465 e. The molecule has 0 aliphatic heterocycles. The number of esters is 1. The molecule has 3 aromatic rings. The number of nitrogens with zero attached hydrogens (tertiary/aromatic N) is 2. The van der Waals surface area contributed by atoms with Gasteiger partial charge in [0, 0.05) is 29.4 Å². The van der Waals surface area contributed by atoms with Crippen molar-refractivity contribution in [1.82, 2.24) is 4.57 Å². The van der Waals surface area contributed by atoms with E-state index < -0.39 is 0 Å². The molecule has 5 nitrogen and oxygen atoms in total. The van der Waals surface area contributed by atoms with E-state index in [0.29, 0.717) is 22.5 Å². The number of aryl methyl sites for hydroxylation is 2. The summed E-state index contributed by atoms with van der Waals surface area (Å²) in [6, 6.07) is 13.7. The first-order valence-electron chi connectivity index (χ1n) is 9.49. The van der Waals surface area contributed by atoms with Crippen LogP contribution in [0.5, 0.6) is 0 Å². The average molecular weight is 461 g/mol. The second-order valence-electron chi connectivity index (χ2n) is 6.62. The summed E-state index contributed by atoms with van der Waals surface area (Å²) < 4.78 is 7.79. The predicted octanol–water partition coefficient (Wildman–Crippen LogP) is 4.77. The maximum absolute atomic E-state index is 12.5. The van der Waals surface area contributed by atoms with Crippen LogP contribution in [0.4, 0.5) is 0 Å². The number of amides is 1. The molecule has 0 radical (unpaired) electrons. The van der Waals surface area contributed by atoms with Crippen molar-refractivity contribution >= 4 is 57.0 Å². The fraction of sp³-hybridized carbons (Fsp3) is 0.318. The third kappa shape index (κ3) is 5.77. The number of ether oxygens (including phenoxy) is 1. The molecule has 1 aromatic heterocycles. The summed E-state index contributed by atoms with van der Waals surface area (Å²) in [6.07, 6.45) is 2.43. The number of hydrogen-bond acceptors (Lipinski definition) is 6. The van der Waals surface area contributed by atoms with Gasteiger partial charge < -0.3 is 9.30 Å². The summed E-state index contributed by atoms with van der Waals surface area (Å²) in [7, 11) is 1.37. The van der Waals surface area contributed by atoms with Crippen LogP contribution in [0.2, 0.25) is 0 Å². The Morgan fingerprint density at radius 3 is 2.60 bits per heavy atom. The van der Waals surface area contributed by atoms with Gasteiger partial charge in [-0.1, -0.05) is 29.0 Å². The Balaban J connectivity index is 1.80. The third-order valence-corrected chi connectivity index (χ3v) is 7.09. The molecule has 0 fully saturated rings. The van der Waals surface area contributed by atoms with Crippen molar-refractivity contribution in [3.05, 3.63) is 58.4 Å². The second-order valence-corrected chi connectivity index (χ2v) is 9.78. The monoisotopic (exact) mass is 460 g/mol. The van der Waals surface area contributed by atoms with Gasteiger partial charge in [0.05, 0.1) is 22.9 Å². The van der Waals surface area contributed by atoms with Gasteiger partial charge in [-0.15, -0.1) is 11.8 Å². The quantitative estimate of drug-likeness (QED) is 0.358. The minimum atomic E-state index is -0.372. The van der Waals surface area contributed by atoms with Gasteiger partial charge in [-0.2, -0.15) is 16.8 Å². The smallest absolute Gasteiger partial charge is 0.337 e. The molecule has 8 heteroatoms. The van der Waals surface area contributed by atoms with Crippen LogP contribution in [0.15, 0.2) is 52.4 Å². The number of methoxy groups -OCH3 is 1.